The van der Waals surface area contributed by atoms with Crippen LogP contribution < -0.4 is 15.8 Å². The monoisotopic (exact) mass is 288 g/mol. The molecule has 3 N–H and O–H groups in total. The van der Waals surface area contributed by atoms with Gasteiger partial charge in [-0.05, 0) is 23.8 Å². The van der Waals surface area contributed by atoms with Gasteiger partial charge in [-0.15, -0.1) is 0 Å². The molecule has 0 aliphatic carbocycles. The smallest absolute Gasteiger partial charge is 0.231 e. The van der Waals surface area contributed by atoms with Crippen molar-refractivity contribution in [3.63, 3.8) is 0 Å². The fourth-order valence-electron chi connectivity index (χ4n) is 1.85. The van der Waals surface area contributed by atoms with E-state index >= 15 is 0 Å². The summed E-state index contributed by atoms with van der Waals surface area (Å²) in [5.74, 6) is -0.0321. The van der Waals surface area contributed by atoms with Crippen molar-refractivity contribution in [3.05, 3.63) is 65.5 Å². The van der Waals surface area contributed by atoms with Gasteiger partial charge in [-0.1, -0.05) is 30.3 Å². The van der Waals surface area contributed by atoms with E-state index in [9.17, 15) is 9.18 Å². The van der Waals surface area contributed by atoms with Crippen molar-refractivity contribution in [2.75, 3.05) is 6.54 Å². The Morgan fingerprint density at radius 2 is 2.00 bits per heavy atom. The van der Waals surface area contributed by atoms with E-state index in [0.29, 0.717) is 17.9 Å². The Labute approximate surface area is 122 Å². The van der Waals surface area contributed by atoms with Crippen molar-refractivity contribution in [3.8, 4) is 5.75 Å². The van der Waals surface area contributed by atoms with Crippen molar-refractivity contribution in [1.29, 1.82) is 0 Å². The van der Waals surface area contributed by atoms with Crippen molar-refractivity contribution in [2.45, 2.75) is 13.2 Å². The Balaban J connectivity index is 1.92. The number of carbonyl (C=O) groups is 1. The highest BCUT2D eigenvalue weighted by atomic mass is 19.1. The molecule has 2 aromatic carbocycles. The second-order valence-electron chi connectivity index (χ2n) is 4.60. The molecule has 0 saturated heterocycles. The molecule has 0 radical (unpaired) electrons. The first-order chi connectivity index (χ1) is 10.1. The number of hydrogen-bond acceptors (Lipinski definition) is 3. The molecule has 0 aromatic heterocycles. The van der Waals surface area contributed by atoms with Gasteiger partial charge in [0.05, 0.1) is 6.54 Å². The van der Waals surface area contributed by atoms with Crippen molar-refractivity contribution in [2.24, 2.45) is 5.73 Å². The van der Waals surface area contributed by atoms with Crippen LogP contribution in [0.4, 0.5) is 4.39 Å². The summed E-state index contributed by atoms with van der Waals surface area (Å²) in [6, 6.07) is 13.9. The number of hydrogen-bond donors (Lipinski definition) is 2. The highest BCUT2D eigenvalue weighted by Crippen LogP contribution is 2.16. The van der Waals surface area contributed by atoms with Crippen molar-refractivity contribution < 1.29 is 13.9 Å². The molecule has 1 amide bonds. The number of rotatable bonds is 7. The van der Waals surface area contributed by atoms with Crippen LogP contribution in [-0.2, 0) is 17.9 Å². The van der Waals surface area contributed by atoms with E-state index in [1.165, 1.54) is 6.07 Å². The standard InChI is InChI=1S/C16H17FN2O2/c17-15-7-2-1-5-13(15)11-21-14-6-3-4-12(8-14)9-19-10-16(18)20/h1-8,19H,9-11H2,(H2,18,20). The lowest BCUT2D eigenvalue weighted by molar-refractivity contribution is -0.117. The van der Waals surface area contributed by atoms with E-state index in [1.807, 2.05) is 18.2 Å². The third-order valence-corrected chi connectivity index (χ3v) is 2.88. The predicted octanol–water partition coefficient (Wildman–Crippen LogP) is 1.98. The topological polar surface area (TPSA) is 64.4 Å². The van der Waals surface area contributed by atoms with Crippen LogP contribution in [0.5, 0.6) is 5.75 Å². The SMILES string of the molecule is NC(=O)CNCc1cccc(OCc2ccccc2F)c1. The van der Waals surface area contributed by atoms with Gasteiger partial charge in [-0.25, -0.2) is 4.39 Å². The molecule has 0 unspecified atom stereocenters. The minimum Gasteiger partial charge on any atom is -0.489 e. The van der Waals surface area contributed by atoms with Crippen LogP contribution in [0, 0.1) is 5.82 Å². The first-order valence-electron chi connectivity index (χ1n) is 6.59. The third-order valence-electron chi connectivity index (χ3n) is 2.88. The van der Waals surface area contributed by atoms with E-state index < -0.39 is 5.91 Å². The van der Waals surface area contributed by atoms with Gasteiger partial charge in [0.2, 0.25) is 5.91 Å². The van der Waals surface area contributed by atoms with Crippen LogP contribution in [0.15, 0.2) is 48.5 Å². The van der Waals surface area contributed by atoms with Gasteiger partial charge in [-0.2, -0.15) is 0 Å². The van der Waals surface area contributed by atoms with Crippen LogP contribution in [0.25, 0.3) is 0 Å². The summed E-state index contributed by atoms with van der Waals surface area (Å²) in [6.45, 7) is 0.811. The largest absolute Gasteiger partial charge is 0.489 e. The zero-order valence-electron chi connectivity index (χ0n) is 11.5. The summed E-state index contributed by atoms with van der Waals surface area (Å²) in [5.41, 5.74) is 6.52. The number of carbonyl (C=O) groups excluding carboxylic acids is 1. The number of amides is 1. The summed E-state index contributed by atoms with van der Waals surface area (Å²) >= 11 is 0. The first kappa shape index (κ1) is 15.0. The molecule has 2 rings (SSSR count). The molecule has 0 atom stereocenters. The first-order valence-corrected chi connectivity index (χ1v) is 6.59. The van der Waals surface area contributed by atoms with E-state index in [0.717, 1.165) is 5.56 Å². The second kappa shape index (κ2) is 7.40. The lowest BCUT2D eigenvalue weighted by Crippen LogP contribution is -2.28. The molecular weight excluding hydrogens is 271 g/mol. The summed E-state index contributed by atoms with van der Waals surface area (Å²) < 4.78 is 19.1. The van der Waals surface area contributed by atoms with Crippen LogP contribution in [-0.4, -0.2) is 12.5 Å². The lowest BCUT2D eigenvalue weighted by atomic mass is 10.2. The van der Waals surface area contributed by atoms with Gasteiger partial charge in [-0.3, -0.25) is 4.79 Å². The Morgan fingerprint density at radius 3 is 2.76 bits per heavy atom. The Bertz CT molecular complexity index is 617. The molecular formula is C16H17FN2O2. The van der Waals surface area contributed by atoms with Crippen LogP contribution in [0.1, 0.15) is 11.1 Å². The third kappa shape index (κ3) is 4.89. The van der Waals surface area contributed by atoms with Crippen LogP contribution >= 0.6 is 0 Å². The average molecular weight is 288 g/mol. The zero-order chi connectivity index (χ0) is 15.1. The predicted molar refractivity (Wildman–Crippen MR) is 78.1 cm³/mol. The van der Waals surface area contributed by atoms with Crippen molar-refractivity contribution in [1.82, 2.24) is 5.32 Å². The lowest BCUT2D eigenvalue weighted by Gasteiger charge is -2.09. The molecule has 0 spiro atoms. The minimum atomic E-state index is -0.401. The average Bonchev–Trinajstić information content (AvgIpc) is 2.46. The molecule has 0 bridgehead atoms. The van der Waals surface area contributed by atoms with Gasteiger partial charge >= 0.3 is 0 Å². The van der Waals surface area contributed by atoms with Gasteiger partial charge in [0.15, 0.2) is 0 Å². The minimum absolute atomic E-state index is 0.125. The zero-order valence-corrected chi connectivity index (χ0v) is 11.5. The van der Waals surface area contributed by atoms with E-state index in [-0.39, 0.29) is 19.0 Å². The Hall–Kier alpha value is -2.40. The quantitative estimate of drug-likeness (QED) is 0.819. The number of halogens is 1. The number of nitrogens with one attached hydrogen (secondary N) is 1. The summed E-state index contributed by atoms with van der Waals surface area (Å²) in [4.78, 5) is 10.6. The molecule has 21 heavy (non-hydrogen) atoms. The highest BCUT2D eigenvalue weighted by Gasteiger charge is 2.03. The van der Waals surface area contributed by atoms with Gasteiger partial charge in [0, 0.05) is 12.1 Å². The molecule has 110 valence electrons. The van der Waals surface area contributed by atoms with Gasteiger partial charge in [0.25, 0.3) is 0 Å². The second-order valence-corrected chi connectivity index (χ2v) is 4.60. The summed E-state index contributed by atoms with van der Waals surface area (Å²) in [6.07, 6.45) is 0. The fourth-order valence-corrected chi connectivity index (χ4v) is 1.85. The maximum absolute atomic E-state index is 13.5. The Morgan fingerprint density at radius 1 is 1.19 bits per heavy atom. The van der Waals surface area contributed by atoms with E-state index in [2.05, 4.69) is 5.32 Å². The van der Waals surface area contributed by atoms with E-state index in [4.69, 9.17) is 10.5 Å². The molecule has 5 heteroatoms. The highest BCUT2D eigenvalue weighted by molar-refractivity contribution is 5.75. The molecule has 0 fully saturated rings. The van der Waals surface area contributed by atoms with Gasteiger partial charge < -0.3 is 15.8 Å². The fraction of sp³-hybridized carbons (Fsp3) is 0.188. The maximum Gasteiger partial charge on any atom is 0.231 e. The number of ether oxygens (including phenoxy) is 1. The van der Waals surface area contributed by atoms with Crippen molar-refractivity contribution >= 4 is 5.91 Å². The number of nitrogens with two attached hydrogens (primary N) is 1. The number of benzene rings is 2. The summed E-state index contributed by atoms with van der Waals surface area (Å²) in [5, 5.41) is 2.92. The molecule has 0 aliphatic rings. The molecule has 0 heterocycles. The van der Waals surface area contributed by atoms with Crippen LogP contribution in [0.3, 0.4) is 0 Å². The summed E-state index contributed by atoms with van der Waals surface area (Å²) in [7, 11) is 0. The number of primary amides is 1. The molecule has 4 nitrogen and oxygen atoms in total. The normalized spacial score (nSPS) is 10.3. The molecule has 0 aliphatic heterocycles. The van der Waals surface area contributed by atoms with Crippen LogP contribution in [0.2, 0.25) is 0 Å². The molecule has 0 saturated carbocycles. The van der Waals surface area contributed by atoms with E-state index in [1.54, 1.807) is 24.3 Å². The van der Waals surface area contributed by atoms with Gasteiger partial charge in [0.1, 0.15) is 18.2 Å². The molecule has 2 aromatic rings. The Kier molecular flexibility index (Phi) is 5.29. The maximum atomic E-state index is 13.5.